The van der Waals surface area contributed by atoms with Crippen LogP contribution in [0, 0.1) is 0 Å². The van der Waals surface area contributed by atoms with E-state index >= 15 is 0 Å². The number of nitrogens with zero attached hydrogens (tertiary/aromatic N) is 3. The van der Waals surface area contributed by atoms with Gasteiger partial charge in [0.1, 0.15) is 0 Å². The number of nitrogen functional groups attached to an aromatic ring is 2. The minimum atomic E-state index is -0.543. The lowest BCUT2D eigenvalue weighted by Gasteiger charge is -2.09. The summed E-state index contributed by atoms with van der Waals surface area (Å²) in [6.45, 7) is 0.956. The maximum atomic E-state index is 12.1. The first-order chi connectivity index (χ1) is 11.1. The molecule has 0 bridgehead atoms. The lowest BCUT2D eigenvalue weighted by atomic mass is 10.2. The molecule has 0 spiro atoms. The Morgan fingerprint density at radius 3 is 2.52 bits per heavy atom. The predicted octanol–water partition coefficient (Wildman–Crippen LogP) is 0.554. The molecule has 0 aliphatic carbocycles. The summed E-state index contributed by atoms with van der Waals surface area (Å²) in [4.78, 5) is 23.4. The summed E-state index contributed by atoms with van der Waals surface area (Å²) in [5.74, 6) is 0.705. The Bertz CT molecular complexity index is 717. The van der Waals surface area contributed by atoms with Crippen LogP contribution in [0.4, 0.5) is 11.9 Å². The van der Waals surface area contributed by atoms with E-state index in [0.717, 1.165) is 6.42 Å². The molecule has 0 fully saturated rings. The van der Waals surface area contributed by atoms with E-state index in [9.17, 15) is 4.79 Å². The number of esters is 1. The van der Waals surface area contributed by atoms with Crippen molar-refractivity contribution in [2.45, 2.75) is 13.0 Å². The fourth-order valence-electron chi connectivity index (χ4n) is 2.03. The highest BCUT2D eigenvalue weighted by Crippen LogP contribution is 2.30. The fourth-order valence-corrected chi connectivity index (χ4v) is 2.03. The molecule has 0 radical (unpaired) electrons. The summed E-state index contributed by atoms with van der Waals surface area (Å²) < 4.78 is 16.2. The number of benzene rings is 1. The van der Waals surface area contributed by atoms with Crippen LogP contribution in [0.5, 0.6) is 11.5 Å². The van der Waals surface area contributed by atoms with Crippen LogP contribution in [-0.4, -0.2) is 34.1 Å². The molecule has 3 rings (SSSR count). The molecule has 1 aromatic heterocycles. The van der Waals surface area contributed by atoms with E-state index in [-0.39, 0.29) is 24.3 Å². The zero-order chi connectivity index (χ0) is 16.2. The average molecular weight is 317 g/mol. The van der Waals surface area contributed by atoms with E-state index in [1.54, 1.807) is 18.2 Å². The van der Waals surface area contributed by atoms with Crippen molar-refractivity contribution in [1.29, 1.82) is 0 Å². The monoisotopic (exact) mass is 317 g/mol. The lowest BCUT2D eigenvalue weighted by Crippen LogP contribution is -2.11. The van der Waals surface area contributed by atoms with Gasteiger partial charge in [0.25, 0.3) is 0 Å². The number of nitrogens with two attached hydrogens (primary N) is 2. The molecule has 0 atom stereocenters. The van der Waals surface area contributed by atoms with Gasteiger partial charge in [0.15, 0.2) is 23.9 Å². The molecule has 0 saturated heterocycles. The van der Waals surface area contributed by atoms with Gasteiger partial charge < -0.3 is 25.7 Å². The molecular weight excluding hydrogens is 302 g/mol. The summed E-state index contributed by atoms with van der Waals surface area (Å²) in [6, 6.07) is 4.86. The summed E-state index contributed by atoms with van der Waals surface area (Å²) in [6.07, 6.45) is 0.788. The topological polar surface area (TPSA) is 135 Å². The standard InChI is InChI=1S/C14H15N5O4/c15-13-17-11(18-14(16)19-13)7-23-12(20)8-2-3-9-10(6-8)22-5-1-4-21-9/h2-3,6H,1,4-5,7H2,(H4,15,16,17,18,19). The van der Waals surface area contributed by atoms with Crippen LogP contribution in [0.2, 0.25) is 0 Å². The van der Waals surface area contributed by atoms with Crippen LogP contribution in [0.3, 0.4) is 0 Å². The van der Waals surface area contributed by atoms with Gasteiger partial charge in [0, 0.05) is 6.42 Å². The van der Waals surface area contributed by atoms with Crippen LogP contribution in [0.15, 0.2) is 18.2 Å². The largest absolute Gasteiger partial charge is 0.490 e. The molecule has 1 aromatic carbocycles. The van der Waals surface area contributed by atoms with Crippen molar-refractivity contribution in [1.82, 2.24) is 15.0 Å². The molecule has 9 heteroatoms. The van der Waals surface area contributed by atoms with Crippen LogP contribution >= 0.6 is 0 Å². The zero-order valence-corrected chi connectivity index (χ0v) is 12.2. The van der Waals surface area contributed by atoms with Crippen molar-refractivity contribution >= 4 is 17.9 Å². The highest BCUT2D eigenvalue weighted by molar-refractivity contribution is 5.90. The molecule has 9 nitrogen and oxygen atoms in total. The van der Waals surface area contributed by atoms with Crippen LogP contribution in [0.1, 0.15) is 22.6 Å². The first-order valence-corrected chi connectivity index (χ1v) is 6.94. The number of hydrogen-bond donors (Lipinski definition) is 2. The van der Waals surface area contributed by atoms with Gasteiger partial charge in [-0.05, 0) is 18.2 Å². The van der Waals surface area contributed by atoms with Crippen molar-refractivity contribution < 1.29 is 19.0 Å². The van der Waals surface area contributed by atoms with E-state index in [2.05, 4.69) is 15.0 Å². The van der Waals surface area contributed by atoms with Crippen molar-refractivity contribution in [3.05, 3.63) is 29.6 Å². The number of ether oxygens (including phenoxy) is 3. The van der Waals surface area contributed by atoms with Gasteiger partial charge in [-0.15, -0.1) is 0 Å². The average Bonchev–Trinajstić information content (AvgIpc) is 2.76. The SMILES string of the molecule is Nc1nc(N)nc(COC(=O)c2ccc3c(c2)OCCCO3)n1. The number of carbonyl (C=O) groups excluding carboxylic acids is 1. The molecule has 0 unspecified atom stereocenters. The van der Waals surface area contributed by atoms with E-state index in [1.165, 1.54) is 0 Å². The van der Waals surface area contributed by atoms with Gasteiger partial charge in [-0.25, -0.2) is 4.79 Å². The lowest BCUT2D eigenvalue weighted by molar-refractivity contribution is 0.0461. The highest BCUT2D eigenvalue weighted by Gasteiger charge is 2.15. The third-order valence-corrected chi connectivity index (χ3v) is 3.03. The second-order valence-electron chi connectivity index (χ2n) is 4.76. The summed E-state index contributed by atoms with van der Waals surface area (Å²) in [5, 5.41) is 0. The Morgan fingerprint density at radius 2 is 1.78 bits per heavy atom. The predicted molar refractivity (Wildman–Crippen MR) is 79.8 cm³/mol. The Kier molecular flexibility index (Phi) is 4.09. The Morgan fingerprint density at radius 1 is 1.09 bits per heavy atom. The van der Waals surface area contributed by atoms with Gasteiger partial charge >= 0.3 is 5.97 Å². The normalized spacial score (nSPS) is 13.2. The molecule has 0 amide bonds. The first-order valence-electron chi connectivity index (χ1n) is 6.94. The van der Waals surface area contributed by atoms with Gasteiger partial charge in [-0.1, -0.05) is 0 Å². The highest BCUT2D eigenvalue weighted by atomic mass is 16.5. The second kappa shape index (κ2) is 6.34. The molecule has 1 aliphatic heterocycles. The molecule has 1 aliphatic rings. The minimum Gasteiger partial charge on any atom is -0.490 e. The summed E-state index contributed by atoms with van der Waals surface area (Å²) in [7, 11) is 0. The third kappa shape index (κ3) is 3.57. The Hall–Kier alpha value is -3.10. The number of hydrogen-bond acceptors (Lipinski definition) is 9. The molecule has 2 heterocycles. The number of anilines is 2. The van der Waals surface area contributed by atoms with Crippen molar-refractivity contribution in [3.8, 4) is 11.5 Å². The Balaban J connectivity index is 1.69. The van der Waals surface area contributed by atoms with Gasteiger partial charge in [-0.3, -0.25) is 0 Å². The van der Waals surface area contributed by atoms with E-state index in [4.69, 9.17) is 25.7 Å². The molecule has 4 N–H and O–H groups in total. The van der Waals surface area contributed by atoms with Gasteiger partial charge in [0.05, 0.1) is 18.8 Å². The number of aromatic nitrogens is 3. The smallest absolute Gasteiger partial charge is 0.338 e. The molecule has 0 saturated carbocycles. The number of fused-ring (bicyclic) bond motifs is 1. The van der Waals surface area contributed by atoms with E-state index in [0.29, 0.717) is 30.3 Å². The van der Waals surface area contributed by atoms with Crippen LogP contribution < -0.4 is 20.9 Å². The summed E-state index contributed by atoms with van der Waals surface area (Å²) >= 11 is 0. The Labute approximate surface area is 131 Å². The minimum absolute atomic E-state index is 0.0286. The summed E-state index contributed by atoms with van der Waals surface area (Å²) in [5.41, 5.74) is 11.2. The number of rotatable bonds is 3. The van der Waals surface area contributed by atoms with Crippen LogP contribution in [0.25, 0.3) is 0 Å². The second-order valence-corrected chi connectivity index (χ2v) is 4.76. The molecule has 23 heavy (non-hydrogen) atoms. The third-order valence-electron chi connectivity index (χ3n) is 3.03. The van der Waals surface area contributed by atoms with Gasteiger partial charge in [0.2, 0.25) is 11.9 Å². The quantitative estimate of drug-likeness (QED) is 0.778. The number of carbonyl (C=O) groups is 1. The van der Waals surface area contributed by atoms with Crippen molar-refractivity contribution in [3.63, 3.8) is 0 Å². The maximum absolute atomic E-state index is 12.1. The fraction of sp³-hybridized carbons (Fsp3) is 0.286. The van der Waals surface area contributed by atoms with Gasteiger partial charge in [-0.2, -0.15) is 15.0 Å². The molecule has 120 valence electrons. The first kappa shape index (κ1) is 14.8. The van der Waals surface area contributed by atoms with Crippen molar-refractivity contribution in [2.24, 2.45) is 0 Å². The van der Waals surface area contributed by atoms with Crippen molar-refractivity contribution in [2.75, 3.05) is 24.7 Å². The maximum Gasteiger partial charge on any atom is 0.338 e. The zero-order valence-electron chi connectivity index (χ0n) is 12.2. The van der Waals surface area contributed by atoms with Crippen LogP contribution in [-0.2, 0) is 11.3 Å². The molecular formula is C14H15N5O4. The molecule has 2 aromatic rings. The van der Waals surface area contributed by atoms with E-state index < -0.39 is 5.97 Å². The van der Waals surface area contributed by atoms with E-state index in [1.807, 2.05) is 0 Å².